The smallest absolute Gasteiger partial charge is 0.206 e. The number of fused-ring (bicyclic) bond motifs is 1. The fourth-order valence-corrected chi connectivity index (χ4v) is 2.22. The van der Waals surface area contributed by atoms with Gasteiger partial charge in [-0.15, -0.1) is 0 Å². The maximum Gasteiger partial charge on any atom is 0.206 e. The van der Waals surface area contributed by atoms with E-state index < -0.39 is 6.10 Å². The molecule has 0 fully saturated rings. The van der Waals surface area contributed by atoms with Gasteiger partial charge < -0.3 is 4.74 Å². The highest BCUT2D eigenvalue weighted by Gasteiger charge is 2.30. The number of carbonyl (C=O) groups excluding carboxylic acids is 1. The molecule has 1 unspecified atom stereocenters. The standard InChI is InChI=1S/C9H6BrClO2/c1-4-8(12)6-2-5(11)3-7(10)9(6)13-4/h2-4H,1H3. The molecule has 0 N–H and O–H groups in total. The Labute approximate surface area is 89.0 Å². The van der Waals surface area contributed by atoms with Crippen molar-refractivity contribution in [3.63, 3.8) is 0 Å². The Kier molecular flexibility index (Phi) is 2.08. The molecule has 1 aromatic carbocycles. The highest BCUT2D eigenvalue weighted by molar-refractivity contribution is 9.10. The predicted molar refractivity (Wildman–Crippen MR) is 53.6 cm³/mol. The topological polar surface area (TPSA) is 26.3 Å². The zero-order chi connectivity index (χ0) is 9.59. The molecule has 0 saturated heterocycles. The van der Waals surface area contributed by atoms with Crippen LogP contribution in [0.5, 0.6) is 5.75 Å². The minimum absolute atomic E-state index is 0.0156. The van der Waals surface area contributed by atoms with Gasteiger partial charge in [0.25, 0.3) is 0 Å². The molecule has 1 aliphatic heterocycles. The van der Waals surface area contributed by atoms with Crippen molar-refractivity contribution >= 4 is 33.3 Å². The van der Waals surface area contributed by atoms with E-state index in [1.54, 1.807) is 19.1 Å². The largest absolute Gasteiger partial charge is 0.481 e. The Morgan fingerprint density at radius 1 is 1.54 bits per heavy atom. The summed E-state index contributed by atoms with van der Waals surface area (Å²) in [5, 5.41) is 0.539. The summed E-state index contributed by atoms with van der Waals surface area (Å²) in [5.41, 5.74) is 0.562. The van der Waals surface area contributed by atoms with Crippen LogP contribution in [-0.2, 0) is 0 Å². The molecule has 0 bridgehead atoms. The van der Waals surface area contributed by atoms with E-state index in [9.17, 15) is 4.79 Å². The van der Waals surface area contributed by atoms with Crippen LogP contribution in [0.2, 0.25) is 5.02 Å². The molecule has 0 aromatic heterocycles. The number of ether oxygens (including phenoxy) is 1. The molecule has 4 heteroatoms. The first kappa shape index (κ1) is 9.03. The van der Waals surface area contributed by atoms with Gasteiger partial charge in [-0.2, -0.15) is 0 Å². The summed E-state index contributed by atoms with van der Waals surface area (Å²) >= 11 is 9.10. The van der Waals surface area contributed by atoms with E-state index in [4.69, 9.17) is 16.3 Å². The fraction of sp³-hybridized carbons (Fsp3) is 0.222. The van der Waals surface area contributed by atoms with Gasteiger partial charge in [-0.3, -0.25) is 4.79 Å². The monoisotopic (exact) mass is 260 g/mol. The van der Waals surface area contributed by atoms with Crippen LogP contribution in [0, 0.1) is 0 Å². The molecule has 1 aliphatic rings. The highest BCUT2D eigenvalue weighted by Crippen LogP contribution is 2.38. The van der Waals surface area contributed by atoms with Crippen LogP contribution in [0.15, 0.2) is 16.6 Å². The number of Topliss-reactive ketones (excluding diaryl/α,β-unsaturated/α-hetero) is 1. The third-order valence-corrected chi connectivity index (χ3v) is 2.74. The van der Waals surface area contributed by atoms with Crippen molar-refractivity contribution in [3.05, 3.63) is 27.2 Å². The van der Waals surface area contributed by atoms with Gasteiger partial charge in [-0.05, 0) is 35.0 Å². The van der Waals surface area contributed by atoms with Crippen LogP contribution in [-0.4, -0.2) is 11.9 Å². The third kappa shape index (κ3) is 1.36. The molecule has 2 nitrogen and oxygen atoms in total. The summed E-state index contributed by atoms with van der Waals surface area (Å²) in [6.45, 7) is 1.72. The van der Waals surface area contributed by atoms with Crippen molar-refractivity contribution in [2.45, 2.75) is 13.0 Å². The first-order valence-electron chi connectivity index (χ1n) is 3.79. The Morgan fingerprint density at radius 2 is 2.23 bits per heavy atom. The molecule has 1 heterocycles. The van der Waals surface area contributed by atoms with Crippen molar-refractivity contribution in [1.82, 2.24) is 0 Å². The van der Waals surface area contributed by atoms with Gasteiger partial charge in [0.1, 0.15) is 5.75 Å². The first-order chi connectivity index (χ1) is 6.09. The second kappa shape index (κ2) is 3.00. The lowest BCUT2D eigenvalue weighted by atomic mass is 10.1. The number of rotatable bonds is 0. The molecule has 2 rings (SSSR count). The number of halogens is 2. The quantitative estimate of drug-likeness (QED) is 0.717. The number of hydrogen-bond acceptors (Lipinski definition) is 2. The molecular weight excluding hydrogens is 255 g/mol. The average molecular weight is 262 g/mol. The Balaban J connectivity index is 2.64. The van der Waals surface area contributed by atoms with E-state index in [-0.39, 0.29) is 5.78 Å². The van der Waals surface area contributed by atoms with Crippen LogP contribution >= 0.6 is 27.5 Å². The summed E-state index contributed by atoms with van der Waals surface area (Å²) in [5.74, 6) is 0.583. The normalized spacial score (nSPS) is 19.9. The second-order valence-corrected chi connectivity index (χ2v) is 4.18. The van der Waals surface area contributed by atoms with E-state index in [2.05, 4.69) is 15.9 Å². The number of carbonyl (C=O) groups is 1. The van der Waals surface area contributed by atoms with Gasteiger partial charge in [0, 0.05) is 5.02 Å². The molecule has 1 atom stereocenters. The average Bonchev–Trinajstić information content (AvgIpc) is 2.32. The molecule has 0 radical (unpaired) electrons. The summed E-state index contributed by atoms with van der Waals surface area (Å²) in [7, 11) is 0. The maximum atomic E-state index is 11.5. The minimum atomic E-state index is -0.398. The van der Waals surface area contributed by atoms with E-state index in [0.29, 0.717) is 16.3 Å². The van der Waals surface area contributed by atoms with E-state index >= 15 is 0 Å². The van der Waals surface area contributed by atoms with Crippen molar-refractivity contribution in [2.75, 3.05) is 0 Å². The van der Waals surface area contributed by atoms with Crippen molar-refractivity contribution in [2.24, 2.45) is 0 Å². The molecule has 0 amide bonds. The maximum absolute atomic E-state index is 11.5. The van der Waals surface area contributed by atoms with Crippen LogP contribution < -0.4 is 4.74 Å². The Bertz CT molecular complexity index is 389. The highest BCUT2D eigenvalue weighted by atomic mass is 79.9. The Morgan fingerprint density at radius 3 is 2.92 bits per heavy atom. The molecule has 0 saturated carbocycles. The predicted octanol–water partition coefficient (Wildman–Crippen LogP) is 3.07. The lowest BCUT2D eigenvalue weighted by Gasteiger charge is -2.02. The van der Waals surface area contributed by atoms with Crippen LogP contribution in [0.1, 0.15) is 17.3 Å². The zero-order valence-corrected chi connectivity index (χ0v) is 9.15. The van der Waals surface area contributed by atoms with Gasteiger partial charge >= 0.3 is 0 Å². The van der Waals surface area contributed by atoms with Crippen LogP contribution in [0.25, 0.3) is 0 Å². The van der Waals surface area contributed by atoms with Gasteiger partial charge in [-0.25, -0.2) is 0 Å². The van der Waals surface area contributed by atoms with Crippen LogP contribution in [0.4, 0.5) is 0 Å². The molecular formula is C9H6BrClO2. The third-order valence-electron chi connectivity index (χ3n) is 1.94. The number of ketones is 1. The van der Waals surface area contributed by atoms with Gasteiger partial charge in [0.15, 0.2) is 6.10 Å². The second-order valence-electron chi connectivity index (χ2n) is 2.89. The SMILES string of the molecule is CC1Oc2c(Br)cc(Cl)cc2C1=O. The van der Waals surface area contributed by atoms with E-state index in [1.165, 1.54) is 0 Å². The zero-order valence-electron chi connectivity index (χ0n) is 6.80. The molecule has 0 aliphatic carbocycles. The molecule has 13 heavy (non-hydrogen) atoms. The molecule has 68 valence electrons. The fourth-order valence-electron chi connectivity index (χ4n) is 1.31. The molecule has 1 aromatic rings. The summed E-state index contributed by atoms with van der Waals surface area (Å²) in [4.78, 5) is 11.5. The van der Waals surface area contributed by atoms with E-state index in [1.807, 2.05) is 0 Å². The summed E-state index contributed by atoms with van der Waals surface area (Å²) in [6, 6.07) is 3.35. The lowest BCUT2D eigenvalue weighted by Crippen LogP contribution is -2.14. The Hall–Kier alpha value is -0.540. The summed E-state index contributed by atoms with van der Waals surface area (Å²) < 4.78 is 6.08. The van der Waals surface area contributed by atoms with Gasteiger partial charge in [0.05, 0.1) is 10.0 Å². The lowest BCUT2D eigenvalue weighted by molar-refractivity contribution is 0.0878. The van der Waals surface area contributed by atoms with Crippen molar-refractivity contribution in [3.8, 4) is 5.75 Å². The van der Waals surface area contributed by atoms with Crippen LogP contribution in [0.3, 0.4) is 0 Å². The minimum Gasteiger partial charge on any atom is -0.481 e. The van der Waals surface area contributed by atoms with E-state index in [0.717, 1.165) is 4.47 Å². The summed E-state index contributed by atoms with van der Waals surface area (Å²) in [6.07, 6.45) is -0.398. The van der Waals surface area contributed by atoms with Gasteiger partial charge in [-0.1, -0.05) is 11.6 Å². The van der Waals surface area contributed by atoms with Crippen molar-refractivity contribution < 1.29 is 9.53 Å². The number of hydrogen-bond donors (Lipinski definition) is 0. The van der Waals surface area contributed by atoms with Crippen molar-refractivity contribution in [1.29, 1.82) is 0 Å². The van der Waals surface area contributed by atoms with Gasteiger partial charge in [0.2, 0.25) is 5.78 Å². The number of benzene rings is 1. The molecule has 0 spiro atoms. The first-order valence-corrected chi connectivity index (χ1v) is 4.96.